The fraction of sp³-hybridized carbons (Fsp3) is 0.562. The molecule has 1 atom stereocenters. The fourth-order valence-corrected chi connectivity index (χ4v) is 3.91. The Hall–Kier alpha value is -2.09. The van der Waals surface area contributed by atoms with Crippen LogP contribution in [0.15, 0.2) is 5.38 Å². The molecule has 3 rings (SSSR count). The Balaban J connectivity index is 1.74. The molecule has 1 aliphatic heterocycles. The van der Waals surface area contributed by atoms with Crippen LogP contribution in [0.25, 0.3) is 0 Å². The number of hydrogen-bond donors (Lipinski definition) is 2. The van der Waals surface area contributed by atoms with Crippen LogP contribution in [-0.4, -0.2) is 47.7 Å². The average molecular weight is 352 g/mol. The first-order chi connectivity index (χ1) is 11.5. The summed E-state index contributed by atoms with van der Waals surface area (Å²) < 4.78 is 5.13. The van der Waals surface area contributed by atoms with Crippen molar-refractivity contribution in [1.82, 2.24) is 4.90 Å². The van der Waals surface area contributed by atoms with E-state index in [1.165, 1.54) is 16.2 Å². The molecule has 7 nitrogen and oxygen atoms in total. The number of esters is 1. The summed E-state index contributed by atoms with van der Waals surface area (Å²) in [6, 6.07) is -0.367. The monoisotopic (exact) mass is 352 g/mol. The molecule has 24 heavy (non-hydrogen) atoms. The molecule has 2 amide bonds. The molecule has 1 aliphatic carbocycles. The molecule has 0 aromatic carbocycles. The van der Waals surface area contributed by atoms with Gasteiger partial charge in [-0.3, -0.25) is 10.1 Å². The SMILES string of the molecule is CCOC(=O)c1c(C2CC2)csc1NC(=O)N1CCC(C(=O)O)C1. The Morgan fingerprint density at radius 2 is 2.12 bits per heavy atom. The lowest BCUT2D eigenvalue weighted by Gasteiger charge is -2.16. The van der Waals surface area contributed by atoms with Gasteiger partial charge < -0.3 is 14.7 Å². The van der Waals surface area contributed by atoms with E-state index in [0.717, 1.165) is 18.4 Å². The van der Waals surface area contributed by atoms with Gasteiger partial charge in [-0.25, -0.2) is 9.59 Å². The number of thiophene rings is 1. The van der Waals surface area contributed by atoms with Gasteiger partial charge in [0.1, 0.15) is 5.00 Å². The van der Waals surface area contributed by atoms with Gasteiger partial charge in [0.25, 0.3) is 0 Å². The van der Waals surface area contributed by atoms with Crippen molar-refractivity contribution in [3.63, 3.8) is 0 Å². The number of rotatable bonds is 5. The van der Waals surface area contributed by atoms with Crippen LogP contribution in [-0.2, 0) is 9.53 Å². The third-order valence-electron chi connectivity index (χ3n) is 4.36. The molecule has 2 N–H and O–H groups in total. The van der Waals surface area contributed by atoms with Crippen molar-refractivity contribution >= 4 is 34.3 Å². The van der Waals surface area contributed by atoms with Crippen molar-refractivity contribution in [2.24, 2.45) is 5.92 Å². The van der Waals surface area contributed by atoms with E-state index >= 15 is 0 Å². The highest BCUT2D eigenvalue weighted by Crippen LogP contribution is 2.46. The highest BCUT2D eigenvalue weighted by Gasteiger charge is 2.34. The van der Waals surface area contributed by atoms with Gasteiger partial charge in [0, 0.05) is 13.1 Å². The first kappa shape index (κ1) is 16.8. The van der Waals surface area contributed by atoms with Crippen molar-refractivity contribution in [2.45, 2.75) is 32.1 Å². The van der Waals surface area contributed by atoms with Gasteiger partial charge in [0.15, 0.2) is 0 Å². The summed E-state index contributed by atoms with van der Waals surface area (Å²) in [6.45, 7) is 2.61. The van der Waals surface area contributed by atoms with Crippen LogP contribution in [0.3, 0.4) is 0 Å². The minimum absolute atomic E-state index is 0.191. The number of carbonyl (C=O) groups is 3. The number of urea groups is 1. The Morgan fingerprint density at radius 3 is 2.71 bits per heavy atom. The number of carbonyl (C=O) groups excluding carboxylic acids is 2. The second-order valence-electron chi connectivity index (χ2n) is 6.09. The fourth-order valence-electron chi connectivity index (χ4n) is 2.89. The molecule has 1 saturated heterocycles. The molecule has 130 valence electrons. The molecule has 1 saturated carbocycles. The molecule has 8 heteroatoms. The van der Waals surface area contributed by atoms with Gasteiger partial charge in [-0.05, 0) is 43.0 Å². The summed E-state index contributed by atoms with van der Waals surface area (Å²) in [4.78, 5) is 37.1. The molecule has 0 bridgehead atoms. The zero-order valence-electron chi connectivity index (χ0n) is 13.4. The van der Waals surface area contributed by atoms with E-state index in [-0.39, 0.29) is 19.2 Å². The second-order valence-corrected chi connectivity index (χ2v) is 6.97. The van der Waals surface area contributed by atoms with Gasteiger partial charge in [-0.2, -0.15) is 0 Å². The standard InChI is InChI=1S/C16H20N2O5S/c1-2-23-15(21)12-11(9-3-4-9)8-24-13(12)17-16(22)18-6-5-10(7-18)14(19)20/h8-10H,2-7H2,1H3,(H,17,22)(H,19,20). The van der Waals surface area contributed by atoms with Crippen molar-refractivity contribution < 1.29 is 24.2 Å². The van der Waals surface area contributed by atoms with Crippen LogP contribution >= 0.6 is 11.3 Å². The number of ether oxygens (including phenoxy) is 1. The first-order valence-corrected chi connectivity index (χ1v) is 8.96. The normalized spacial score (nSPS) is 20.0. The average Bonchev–Trinajstić information content (AvgIpc) is 3.10. The van der Waals surface area contributed by atoms with E-state index < -0.39 is 17.9 Å². The summed E-state index contributed by atoms with van der Waals surface area (Å²) in [5, 5.41) is 14.2. The number of aliphatic carboxylic acids is 1. The highest BCUT2D eigenvalue weighted by atomic mass is 32.1. The molecule has 2 aliphatic rings. The lowest BCUT2D eigenvalue weighted by molar-refractivity contribution is -0.141. The number of nitrogens with zero attached hydrogens (tertiary/aromatic N) is 1. The van der Waals surface area contributed by atoms with E-state index in [4.69, 9.17) is 9.84 Å². The van der Waals surface area contributed by atoms with Crippen LogP contribution < -0.4 is 5.32 Å². The maximum atomic E-state index is 12.4. The molecule has 1 aromatic heterocycles. The number of hydrogen-bond acceptors (Lipinski definition) is 5. The summed E-state index contributed by atoms with van der Waals surface area (Å²) in [5.74, 6) is -1.45. The van der Waals surface area contributed by atoms with Crippen molar-refractivity contribution in [1.29, 1.82) is 0 Å². The van der Waals surface area contributed by atoms with Gasteiger partial charge >= 0.3 is 18.0 Å². The summed E-state index contributed by atoms with van der Waals surface area (Å²) in [5.41, 5.74) is 1.39. The highest BCUT2D eigenvalue weighted by molar-refractivity contribution is 7.15. The van der Waals surface area contributed by atoms with Crippen LogP contribution in [0.4, 0.5) is 9.80 Å². The number of carboxylic acids is 1. The van der Waals surface area contributed by atoms with Crippen LogP contribution in [0.2, 0.25) is 0 Å². The van der Waals surface area contributed by atoms with Gasteiger partial charge in [0.05, 0.1) is 18.1 Å². The second kappa shape index (κ2) is 6.80. The van der Waals surface area contributed by atoms with Gasteiger partial charge in [-0.1, -0.05) is 0 Å². The Bertz CT molecular complexity index is 667. The molecular weight excluding hydrogens is 332 g/mol. The van der Waals surface area contributed by atoms with Crippen LogP contribution in [0, 0.1) is 5.92 Å². The Kier molecular flexibility index (Phi) is 4.75. The van der Waals surface area contributed by atoms with Crippen LogP contribution in [0.5, 0.6) is 0 Å². The zero-order valence-corrected chi connectivity index (χ0v) is 14.2. The number of likely N-dealkylation sites (tertiary alicyclic amines) is 1. The summed E-state index contributed by atoms with van der Waals surface area (Å²) in [6.07, 6.45) is 2.54. The van der Waals surface area contributed by atoms with E-state index in [1.807, 2.05) is 5.38 Å². The number of carboxylic acid groups (broad SMARTS) is 1. The molecular formula is C16H20N2O5S. The number of nitrogens with one attached hydrogen (secondary N) is 1. The van der Waals surface area contributed by atoms with Crippen molar-refractivity contribution in [2.75, 3.05) is 25.0 Å². The molecule has 1 unspecified atom stereocenters. The summed E-state index contributed by atoms with van der Waals surface area (Å²) in [7, 11) is 0. The quantitative estimate of drug-likeness (QED) is 0.795. The van der Waals surface area contributed by atoms with E-state index in [0.29, 0.717) is 29.4 Å². The lowest BCUT2D eigenvalue weighted by atomic mass is 10.1. The molecule has 2 fully saturated rings. The van der Waals surface area contributed by atoms with Gasteiger partial charge in [-0.15, -0.1) is 11.3 Å². The Morgan fingerprint density at radius 1 is 1.38 bits per heavy atom. The third-order valence-corrected chi connectivity index (χ3v) is 5.28. The molecule has 0 radical (unpaired) electrons. The van der Waals surface area contributed by atoms with Crippen molar-refractivity contribution in [3.8, 4) is 0 Å². The molecule has 0 spiro atoms. The maximum absolute atomic E-state index is 12.4. The minimum Gasteiger partial charge on any atom is -0.481 e. The van der Waals surface area contributed by atoms with Gasteiger partial charge in [0.2, 0.25) is 0 Å². The predicted octanol–water partition coefficient (Wildman–Crippen LogP) is 2.74. The van der Waals surface area contributed by atoms with Crippen LogP contribution in [0.1, 0.15) is 48.0 Å². The first-order valence-electron chi connectivity index (χ1n) is 8.08. The predicted molar refractivity (Wildman–Crippen MR) is 88.6 cm³/mol. The van der Waals surface area contributed by atoms with Crippen molar-refractivity contribution in [3.05, 3.63) is 16.5 Å². The Labute approximate surface area is 143 Å². The maximum Gasteiger partial charge on any atom is 0.341 e. The third kappa shape index (κ3) is 3.38. The van der Waals surface area contributed by atoms with E-state index in [2.05, 4.69) is 5.32 Å². The number of anilines is 1. The number of amides is 2. The smallest absolute Gasteiger partial charge is 0.341 e. The van der Waals surface area contributed by atoms with E-state index in [9.17, 15) is 14.4 Å². The minimum atomic E-state index is -0.885. The summed E-state index contributed by atoms with van der Waals surface area (Å²) >= 11 is 1.32. The lowest BCUT2D eigenvalue weighted by Crippen LogP contribution is -2.34. The zero-order chi connectivity index (χ0) is 17.3. The van der Waals surface area contributed by atoms with E-state index in [1.54, 1.807) is 6.92 Å². The molecule has 2 heterocycles. The largest absolute Gasteiger partial charge is 0.481 e. The topological polar surface area (TPSA) is 95.9 Å². The molecule has 1 aromatic rings.